The van der Waals surface area contributed by atoms with Crippen molar-refractivity contribution >= 4 is 44.9 Å². The third kappa shape index (κ3) is 8.00. The Morgan fingerprint density at radius 1 is 0.947 bits per heavy atom. The molecule has 3 N–H and O–H groups in total. The molecular weight excluding hydrogens is 749 g/mol. The molecule has 7 unspecified atom stereocenters. The van der Waals surface area contributed by atoms with Gasteiger partial charge in [-0.3, -0.25) is 19.1 Å². The maximum atomic E-state index is 14.7. The van der Waals surface area contributed by atoms with Crippen LogP contribution in [0.15, 0.2) is 48.6 Å². The molecule has 3 aliphatic heterocycles. The van der Waals surface area contributed by atoms with E-state index in [2.05, 4.69) is 15.4 Å². The molecule has 0 radical (unpaired) electrons. The van der Waals surface area contributed by atoms with Crippen LogP contribution in [0.2, 0.25) is 0 Å². The maximum absolute atomic E-state index is 14.7. The Hall–Kier alpha value is -4.53. The van der Waals surface area contributed by atoms with Gasteiger partial charge in [0.2, 0.25) is 27.7 Å². The molecule has 3 fully saturated rings. The average Bonchev–Trinajstić information content (AvgIpc) is 4.02. The molecule has 1 aromatic carbocycles. The minimum absolute atomic E-state index is 0.00296. The maximum Gasteiger partial charge on any atom is 0.408 e. The Bertz CT molecular complexity index is 2100. The molecule has 3 aliphatic carbocycles. The van der Waals surface area contributed by atoms with Crippen LogP contribution in [0.25, 0.3) is 11.0 Å². The van der Waals surface area contributed by atoms with Gasteiger partial charge in [0.1, 0.15) is 35.0 Å². The monoisotopic (exact) mass is 802 g/mol. The van der Waals surface area contributed by atoms with Gasteiger partial charge in [-0.05, 0) is 83.8 Å². The number of benzene rings is 1. The number of amides is 4. The molecule has 306 valence electrons. The predicted octanol–water partition coefficient (Wildman–Crippen LogP) is 4.92. The fourth-order valence-electron chi connectivity index (χ4n) is 8.77. The molecule has 4 heterocycles. The number of sulfonamides is 1. The lowest BCUT2D eigenvalue weighted by Gasteiger charge is -2.42. The van der Waals surface area contributed by atoms with Gasteiger partial charge in [0.15, 0.2) is 0 Å². The topological polar surface area (TPSA) is 186 Å². The standard InChI is InChI=1S/C42H54N6O8S/c1-40(22-23-40)57(53,54)47-38(51)42-21-20-27(42)14-8-5-3-4-6-10-19-33-37(50)48-26-29(24-34(48)35(49)46-42)55-36-32(43-30-16-12-13-17-31(30)44-36)18-11-7-9-15-28-25-41(28,2)56-39(52)45-33/h8,12-14,16-17,20-21,27-29,33-34H,3-7,9-11,15,18-19,22-26H2,1-2H3,(H,45,52)(H,46,49)(H,47,51). The summed E-state index contributed by atoms with van der Waals surface area (Å²) in [7, 11) is -4.03. The van der Waals surface area contributed by atoms with Crippen LogP contribution in [-0.4, -0.2) is 87.7 Å². The summed E-state index contributed by atoms with van der Waals surface area (Å²) >= 11 is 0. The van der Waals surface area contributed by atoms with Crippen LogP contribution in [-0.2, 0) is 35.6 Å². The zero-order chi connectivity index (χ0) is 40.0. The summed E-state index contributed by atoms with van der Waals surface area (Å²) in [6.45, 7) is 3.54. The van der Waals surface area contributed by atoms with Crippen molar-refractivity contribution in [2.75, 3.05) is 6.54 Å². The highest BCUT2D eigenvalue weighted by Gasteiger charge is 2.57. The second-order valence-electron chi connectivity index (χ2n) is 17.4. The number of hydrogen-bond acceptors (Lipinski definition) is 10. The first kappa shape index (κ1) is 39.3. The normalized spacial score (nSPS) is 33.1. The van der Waals surface area contributed by atoms with Crippen molar-refractivity contribution in [3.63, 3.8) is 0 Å². The number of ether oxygens (including phenoxy) is 2. The minimum atomic E-state index is -4.03. The molecule has 0 spiro atoms. The molecule has 57 heavy (non-hydrogen) atoms. The van der Waals surface area contributed by atoms with Gasteiger partial charge in [-0.25, -0.2) is 23.2 Å². The number of nitrogens with one attached hydrogen (secondary N) is 3. The Labute approximate surface area is 334 Å². The smallest absolute Gasteiger partial charge is 0.408 e. The minimum Gasteiger partial charge on any atom is -0.471 e. The molecule has 6 aliphatic rings. The van der Waals surface area contributed by atoms with Gasteiger partial charge in [-0.15, -0.1) is 0 Å². The lowest BCUT2D eigenvalue weighted by Crippen LogP contribution is -2.67. The summed E-state index contributed by atoms with van der Waals surface area (Å²) in [5, 5.41) is 5.78. The summed E-state index contributed by atoms with van der Waals surface area (Å²) in [6.07, 6.45) is 16.0. The first-order valence-electron chi connectivity index (χ1n) is 20.8. The molecular formula is C42H54N6O8S. The van der Waals surface area contributed by atoms with E-state index in [1.54, 1.807) is 13.0 Å². The second-order valence-corrected chi connectivity index (χ2v) is 19.6. The van der Waals surface area contributed by atoms with E-state index < -0.39 is 73.8 Å². The van der Waals surface area contributed by atoms with Crippen LogP contribution in [0.4, 0.5) is 4.79 Å². The number of carbonyl (C=O) groups excluding carboxylic acids is 4. The van der Waals surface area contributed by atoms with Gasteiger partial charge in [-0.1, -0.05) is 68.5 Å². The van der Waals surface area contributed by atoms with Crippen molar-refractivity contribution in [3.05, 3.63) is 54.3 Å². The molecule has 3 bridgehead atoms. The van der Waals surface area contributed by atoms with Crippen molar-refractivity contribution in [1.82, 2.24) is 30.2 Å². The lowest BCUT2D eigenvalue weighted by atomic mass is 9.73. The number of nitrogens with zero attached hydrogens (tertiary/aromatic N) is 3. The Morgan fingerprint density at radius 3 is 2.44 bits per heavy atom. The van der Waals surface area contributed by atoms with Crippen molar-refractivity contribution in [3.8, 4) is 5.88 Å². The number of para-hydroxylation sites is 2. The lowest BCUT2D eigenvalue weighted by molar-refractivity contribution is -0.142. The SMILES string of the molecule is CC12CC1CCCCCc1nc3ccccc3nc1OC1CC3C(=O)NC4(C(=O)NS(=O)(=O)C5(C)CC5)C=CC4C=CCCCCCCC(NC(=O)O2)C(=O)N3C1. The predicted molar refractivity (Wildman–Crippen MR) is 211 cm³/mol. The van der Waals surface area contributed by atoms with Crippen LogP contribution in [0, 0.1) is 11.8 Å². The van der Waals surface area contributed by atoms with Gasteiger partial charge < -0.3 is 25.0 Å². The summed E-state index contributed by atoms with van der Waals surface area (Å²) in [4.78, 5) is 68.2. The van der Waals surface area contributed by atoms with Crippen LogP contribution in [0.1, 0.15) is 109 Å². The fraction of sp³-hybridized carbons (Fsp3) is 0.619. The Morgan fingerprint density at radius 2 is 1.68 bits per heavy atom. The van der Waals surface area contributed by atoms with Crippen molar-refractivity contribution in [2.24, 2.45) is 11.8 Å². The number of fused-ring (bicyclic) bond motifs is 6. The number of alkyl carbamates (subject to hydrolysis) is 1. The quantitative estimate of drug-likeness (QED) is 0.360. The van der Waals surface area contributed by atoms with Gasteiger partial charge in [0.25, 0.3) is 5.91 Å². The summed E-state index contributed by atoms with van der Waals surface area (Å²) in [5.41, 5.74) is -0.216. The Balaban J connectivity index is 1.14. The van der Waals surface area contributed by atoms with E-state index in [0.29, 0.717) is 55.6 Å². The van der Waals surface area contributed by atoms with E-state index in [1.807, 2.05) is 43.3 Å². The molecule has 8 rings (SSSR count). The number of hydrogen-bond donors (Lipinski definition) is 3. The number of carbonyl (C=O) groups is 4. The highest BCUT2D eigenvalue weighted by atomic mass is 32.2. The summed E-state index contributed by atoms with van der Waals surface area (Å²) in [6, 6.07) is 5.46. The number of aromatic nitrogens is 2. The molecule has 14 nitrogen and oxygen atoms in total. The van der Waals surface area contributed by atoms with E-state index in [0.717, 1.165) is 56.9 Å². The van der Waals surface area contributed by atoms with Gasteiger partial charge in [0, 0.05) is 18.3 Å². The van der Waals surface area contributed by atoms with Crippen molar-refractivity contribution in [2.45, 2.75) is 144 Å². The summed E-state index contributed by atoms with van der Waals surface area (Å²) < 4.78 is 40.4. The molecule has 1 aromatic heterocycles. The third-order valence-electron chi connectivity index (χ3n) is 13.1. The van der Waals surface area contributed by atoms with Gasteiger partial charge in [-0.2, -0.15) is 0 Å². The highest BCUT2D eigenvalue weighted by molar-refractivity contribution is 7.91. The van der Waals surface area contributed by atoms with Crippen LogP contribution in [0.5, 0.6) is 5.88 Å². The van der Waals surface area contributed by atoms with Crippen LogP contribution >= 0.6 is 0 Å². The molecule has 7 atom stereocenters. The first-order chi connectivity index (χ1) is 27.3. The van der Waals surface area contributed by atoms with E-state index in [1.165, 1.54) is 11.0 Å². The number of allylic oxidation sites excluding steroid dienone is 1. The number of aryl methyl sites for hydroxylation is 1. The third-order valence-corrected chi connectivity index (χ3v) is 15.2. The van der Waals surface area contributed by atoms with E-state index in [9.17, 15) is 27.6 Å². The van der Waals surface area contributed by atoms with E-state index >= 15 is 0 Å². The van der Waals surface area contributed by atoms with Gasteiger partial charge >= 0.3 is 6.09 Å². The highest BCUT2D eigenvalue weighted by Crippen LogP contribution is 2.50. The van der Waals surface area contributed by atoms with Crippen molar-refractivity contribution in [1.29, 1.82) is 0 Å². The fourth-order valence-corrected chi connectivity index (χ4v) is 10.1. The van der Waals surface area contributed by atoms with Gasteiger partial charge in [0.05, 0.1) is 22.3 Å². The zero-order valence-electron chi connectivity index (χ0n) is 32.8. The van der Waals surface area contributed by atoms with E-state index in [4.69, 9.17) is 19.4 Å². The molecule has 1 saturated heterocycles. The summed E-state index contributed by atoms with van der Waals surface area (Å²) in [5.74, 6) is -2.00. The van der Waals surface area contributed by atoms with Crippen LogP contribution in [0.3, 0.4) is 0 Å². The second kappa shape index (κ2) is 15.3. The first-order valence-corrected chi connectivity index (χ1v) is 22.2. The molecule has 4 amide bonds. The number of rotatable bonds is 3. The van der Waals surface area contributed by atoms with Crippen molar-refractivity contribution < 1.29 is 37.1 Å². The van der Waals surface area contributed by atoms with Crippen LogP contribution < -0.4 is 20.1 Å². The Kier molecular flexibility index (Phi) is 10.6. The largest absolute Gasteiger partial charge is 0.471 e. The average molecular weight is 803 g/mol. The molecule has 2 saturated carbocycles. The van der Waals surface area contributed by atoms with E-state index in [-0.39, 0.29) is 18.9 Å². The molecule has 2 aromatic rings. The zero-order valence-corrected chi connectivity index (χ0v) is 33.7. The molecule has 15 heteroatoms.